The Hall–Kier alpha value is -0.0400. The van der Waals surface area contributed by atoms with Crippen molar-refractivity contribution in [2.45, 2.75) is 53.9 Å². The third kappa shape index (κ3) is 7.37. The molecule has 2 atom stereocenters. The first-order chi connectivity index (χ1) is 6.57. The molecular formula is C13H29N. The van der Waals surface area contributed by atoms with E-state index in [2.05, 4.69) is 39.9 Å². The second-order valence-corrected chi connectivity index (χ2v) is 5.15. The highest BCUT2D eigenvalue weighted by atomic mass is 14.9. The van der Waals surface area contributed by atoms with Gasteiger partial charge in [-0.2, -0.15) is 0 Å². The van der Waals surface area contributed by atoms with Crippen LogP contribution < -0.4 is 5.32 Å². The van der Waals surface area contributed by atoms with Gasteiger partial charge in [0.1, 0.15) is 0 Å². The van der Waals surface area contributed by atoms with E-state index < -0.39 is 0 Å². The van der Waals surface area contributed by atoms with Crippen molar-refractivity contribution in [3.63, 3.8) is 0 Å². The van der Waals surface area contributed by atoms with E-state index in [-0.39, 0.29) is 0 Å². The molecule has 0 aliphatic rings. The van der Waals surface area contributed by atoms with Gasteiger partial charge in [-0.15, -0.1) is 0 Å². The van der Waals surface area contributed by atoms with Gasteiger partial charge >= 0.3 is 0 Å². The van der Waals surface area contributed by atoms with Gasteiger partial charge in [0.05, 0.1) is 0 Å². The minimum absolute atomic E-state index is 0.771. The van der Waals surface area contributed by atoms with E-state index in [1.165, 1.54) is 25.8 Å². The average Bonchev–Trinajstić information content (AvgIpc) is 2.13. The minimum atomic E-state index is 0.771. The summed E-state index contributed by atoms with van der Waals surface area (Å²) in [5.74, 6) is 2.46. The number of unbranched alkanes of at least 4 members (excludes halogenated alkanes) is 1. The van der Waals surface area contributed by atoms with Gasteiger partial charge in [-0.25, -0.2) is 0 Å². The molecule has 0 aromatic rings. The molecule has 0 spiro atoms. The van der Waals surface area contributed by atoms with Crippen LogP contribution in [0.4, 0.5) is 0 Å². The summed E-state index contributed by atoms with van der Waals surface area (Å²) in [6.07, 6.45) is 4.10. The van der Waals surface area contributed by atoms with Crippen LogP contribution in [0.3, 0.4) is 0 Å². The number of hydrogen-bond acceptors (Lipinski definition) is 1. The van der Waals surface area contributed by atoms with E-state index in [4.69, 9.17) is 0 Å². The maximum atomic E-state index is 3.54. The highest BCUT2D eigenvalue weighted by Gasteiger charge is 2.10. The molecule has 0 aromatic heterocycles. The second-order valence-electron chi connectivity index (χ2n) is 5.15. The largest absolute Gasteiger partial charge is 0.316 e. The van der Waals surface area contributed by atoms with Gasteiger partial charge in [0.2, 0.25) is 0 Å². The lowest BCUT2D eigenvalue weighted by Gasteiger charge is -2.20. The number of nitrogens with one attached hydrogen (secondary N) is 1. The predicted molar refractivity (Wildman–Crippen MR) is 65.6 cm³/mol. The van der Waals surface area contributed by atoms with Crippen molar-refractivity contribution >= 4 is 0 Å². The van der Waals surface area contributed by atoms with Crippen molar-refractivity contribution in [1.29, 1.82) is 0 Å². The second kappa shape index (κ2) is 8.28. The van der Waals surface area contributed by atoms with Crippen molar-refractivity contribution in [3.8, 4) is 0 Å². The van der Waals surface area contributed by atoms with Crippen LogP contribution in [0.5, 0.6) is 0 Å². The van der Waals surface area contributed by atoms with Crippen LogP contribution in [0, 0.1) is 17.8 Å². The summed E-state index contributed by atoms with van der Waals surface area (Å²) in [6, 6.07) is 0. The van der Waals surface area contributed by atoms with Crippen LogP contribution in [0.2, 0.25) is 0 Å². The number of hydrogen-bond donors (Lipinski definition) is 1. The zero-order valence-electron chi connectivity index (χ0n) is 10.8. The van der Waals surface area contributed by atoms with Crippen molar-refractivity contribution in [3.05, 3.63) is 0 Å². The number of rotatable bonds is 8. The Morgan fingerprint density at radius 2 is 1.57 bits per heavy atom. The molecule has 1 N–H and O–H groups in total. The van der Waals surface area contributed by atoms with Crippen molar-refractivity contribution < 1.29 is 0 Å². The summed E-state index contributed by atoms with van der Waals surface area (Å²) in [4.78, 5) is 0. The van der Waals surface area contributed by atoms with Crippen LogP contribution in [-0.4, -0.2) is 13.1 Å². The molecule has 0 saturated carbocycles. The maximum absolute atomic E-state index is 3.54. The summed E-state index contributed by atoms with van der Waals surface area (Å²) < 4.78 is 0. The molecule has 0 amide bonds. The first-order valence-corrected chi connectivity index (χ1v) is 6.28. The first kappa shape index (κ1) is 14.0. The Balaban J connectivity index is 3.46. The highest BCUT2D eigenvalue weighted by Crippen LogP contribution is 2.16. The van der Waals surface area contributed by atoms with Crippen LogP contribution in [0.25, 0.3) is 0 Å². The SMILES string of the molecule is CCCCC(C)C(C)CNCC(C)C. The quantitative estimate of drug-likeness (QED) is 0.628. The van der Waals surface area contributed by atoms with Gasteiger partial charge in [-0.05, 0) is 30.8 Å². The zero-order chi connectivity index (χ0) is 11.0. The molecule has 0 radical (unpaired) electrons. The highest BCUT2D eigenvalue weighted by molar-refractivity contribution is 4.65. The van der Waals surface area contributed by atoms with Gasteiger partial charge in [0, 0.05) is 0 Å². The molecule has 0 saturated heterocycles. The molecule has 14 heavy (non-hydrogen) atoms. The lowest BCUT2D eigenvalue weighted by atomic mass is 9.91. The van der Waals surface area contributed by atoms with Crippen LogP contribution in [0.15, 0.2) is 0 Å². The van der Waals surface area contributed by atoms with E-state index in [1.54, 1.807) is 0 Å². The Bertz CT molecular complexity index is 120. The molecule has 86 valence electrons. The first-order valence-electron chi connectivity index (χ1n) is 6.28. The summed E-state index contributed by atoms with van der Waals surface area (Å²) >= 11 is 0. The van der Waals surface area contributed by atoms with Gasteiger partial charge in [0.15, 0.2) is 0 Å². The Morgan fingerprint density at radius 3 is 2.07 bits per heavy atom. The fraction of sp³-hybridized carbons (Fsp3) is 1.00. The lowest BCUT2D eigenvalue weighted by molar-refractivity contribution is 0.334. The zero-order valence-corrected chi connectivity index (χ0v) is 10.8. The fourth-order valence-corrected chi connectivity index (χ4v) is 1.61. The molecule has 0 aliphatic carbocycles. The van der Waals surface area contributed by atoms with Gasteiger partial charge < -0.3 is 5.32 Å². The molecule has 0 aromatic carbocycles. The van der Waals surface area contributed by atoms with Gasteiger partial charge in [0.25, 0.3) is 0 Å². The smallest absolute Gasteiger partial charge is 0.00205 e. The minimum Gasteiger partial charge on any atom is -0.316 e. The molecule has 1 nitrogen and oxygen atoms in total. The standard InChI is InChI=1S/C13H29N/c1-6-7-8-12(4)13(5)10-14-9-11(2)3/h11-14H,6-10H2,1-5H3. The summed E-state index contributed by atoms with van der Waals surface area (Å²) in [5, 5.41) is 3.54. The van der Waals surface area contributed by atoms with Gasteiger partial charge in [-0.1, -0.05) is 53.9 Å². The van der Waals surface area contributed by atoms with Crippen LogP contribution in [-0.2, 0) is 0 Å². The van der Waals surface area contributed by atoms with E-state index in [1.807, 2.05) is 0 Å². The fourth-order valence-electron chi connectivity index (χ4n) is 1.61. The maximum Gasteiger partial charge on any atom is -0.00205 e. The molecule has 0 heterocycles. The Labute approximate surface area is 90.7 Å². The Kier molecular flexibility index (Phi) is 8.26. The Morgan fingerprint density at radius 1 is 0.929 bits per heavy atom. The molecule has 0 fully saturated rings. The van der Waals surface area contributed by atoms with Crippen LogP contribution >= 0.6 is 0 Å². The molecule has 0 rings (SSSR count). The summed E-state index contributed by atoms with van der Waals surface area (Å²) in [6.45, 7) is 13.9. The van der Waals surface area contributed by atoms with E-state index in [9.17, 15) is 0 Å². The third-order valence-corrected chi connectivity index (χ3v) is 3.00. The molecular weight excluding hydrogens is 170 g/mol. The normalized spacial score (nSPS) is 15.9. The third-order valence-electron chi connectivity index (χ3n) is 3.00. The average molecular weight is 199 g/mol. The molecule has 0 bridgehead atoms. The molecule has 0 aliphatic heterocycles. The van der Waals surface area contributed by atoms with Crippen molar-refractivity contribution in [2.24, 2.45) is 17.8 Å². The van der Waals surface area contributed by atoms with Crippen molar-refractivity contribution in [2.75, 3.05) is 13.1 Å². The van der Waals surface area contributed by atoms with E-state index in [0.717, 1.165) is 24.3 Å². The van der Waals surface area contributed by atoms with E-state index >= 15 is 0 Å². The monoisotopic (exact) mass is 199 g/mol. The molecule has 2 unspecified atom stereocenters. The predicted octanol–water partition coefficient (Wildman–Crippen LogP) is 3.69. The molecule has 1 heteroatoms. The lowest BCUT2D eigenvalue weighted by Crippen LogP contribution is -2.28. The summed E-state index contributed by atoms with van der Waals surface area (Å²) in [5.41, 5.74) is 0. The van der Waals surface area contributed by atoms with Gasteiger partial charge in [-0.3, -0.25) is 0 Å². The van der Waals surface area contributed by atoms with E-state index in [0.29, 0.717) is 0 Å². The van der Waals surface area contributed by atoms with Crippen LogP contribution in [0.1, 0.15) is 53.9 Å². The topological polar surface area (TPSA) is 12.0 Å². The summed E-state index contributed by atoms with van der Waals surface area (Å²) in [7, 11) is 0. The van der Waals surface area contributed by atoms with Crippen molar-refractivity contribution in [1.82, 2.24) is 5.32 Å².